The van der Waals surface area contributed by atoms with Crippen LogP contribution in [0.2, 0.25) is 0 Å². The fourth-order valence-electron chi connectivity index (χ4n) is 0.977. The van der Waals surface area contributed by atoms with Gasteiger partial charge in [0.15, 0.2) is 0 Å². The van der Waals surface area contributed by atoms with E-state index in [9.17, 15) is 9.90 Å². The first kappa shape index (κ1) is 12.9. The summed E-state index contributed by atoms with van der Waals surface area (Å²) in [4.78, 5) is 11.1. The van der Waals surface area contributed by atoms with Crippen molar-refractivity contribution in [3.8, 4) is 11.5 Å². The second-order valence-corrected chi connectivity index (χ2v) is 3.27. The number of phenolic OH excluding ortho intramolecular Hbond substituents is 2. The van der Waals surface area contributed by atoms with E-state index in [0.717, 1.165) is 6.21 Å². The average Bonchev–Trinajstić information content (AvgIpc) is 2.32. The Balaban J connectivity index is 2.65. The van der Waals surface area contributed by atoms with Crippen LogP contribution in [0.15, 0.2) is 23.3 Å². The number of nitrogens with two attached hydrogens (primary N) is 1. The van der Waals surface area contributed by atoms with E-state index in [-0.39, 0.29) is 17.1 Å². The monoisotopic (exact) mass is 239 g/mol. The van der Waals surface area contributed by atoms with E-state index in [1.807, 2.05) is 0 Å². The van der Waals surface area contributed by atoms with Crippen molar-refractivity contribution >= 4 is 12.1 Å². The van der Waals surface area contributed by atoms with E-state index in [1.165, 1.54) is 18.2 Å². The number of hydrogen-bond acceptors (Lipinski definition) is 6. The number of aliphatic hydroxyl groups is 1. The van der Waals surface area contributed by atoms with Crippen LogP contribution in [0.25, 0.3) is 0 Å². The van der Waals surface area contributed by atoms with Gasteiger partial charge in [0.05, 0.1) is 12.8 Å². The van der Waals surface area contributed by atoms with Crippen LogP contribution in [0.1, 0.15) is 5.56 Å². The van der Waals surface area contributed by atoms with E-state index in [4.69, 9.17) is 15.9 Å². The lowest BCUT2D eigenvalue weighted by Gasteiger charge is -2.05. The number of hydrogen-bond donors (Lipinski definition) is 5. The summed E-state index contributed by atoms with van der Waals surface area (Å²) in [5, 5.41) is 30.7. The molecule has 1 amide bonds. The number of amides is 1. The highest BCUT2D eigenvalue weighted by atomic mass is 16.3. The minimum Gasteiger partial charge on any atom is -0.508 e. The number of phenols is 2. The van der Waals surface area contributed by atoms with Crippen LogP contribution in [0.5, 0.6) is 11.5 Å². The summed E-state index contributed by atoms with van der Waals surface area (Å²) in [6, 6.07) is 2.83. The van der Waals surface area contributed by atoms with Crippen molar-refractivity contribution < 1.29 is 20.1 Å². The molecule has 1 rings (SSSR count). The first-order valence-corrected chi connectivity index (χ1v) is 4.76. The van der Waals surface area contributed by atoms with Gasteiger partial charge in [0.2, 0.25) is 0 Å². The molecule has 6 N–H and O–H groups in total. The molecule has 17 heavy (non-hydrogen) atoms. The van der Waals surface area contributed by atoms with Gasteiger partial charge < -0.3 is 21.1 Å². The van der Waals surface area contributed by atoms with Crippen molar-refractivity contribution in [1.29, 1.82) is 0 Å². The Morgan fingerprint density at radius 2 is 2.24 bits per heavy atom. The van der Waals surface area contributed by atoms with Crippen LogP contribution < -0.4 is 11.2 Å². The third kappa shape index (κ3) is 3.74. The van der Waals surface area contributed by atoms with E-state index in [2.05, 4.69) is 10.5 Å². The first-order valence-electron chi connectivity index (χ1n) is 4.76. The van der Waals surface area contributed by atoms with Gasteiger partial charge in [-0.1, -0.05) is 0 Å². The third-order valence-corrected chi connectivity index (χ3v) is 1.92. The number of carbonyl (C=O) groups is 1. The maximum atomic E-state index is 11.1. The van der Waals surface area contributed by atoms with Gasteiger partial charge in [-0.05, 0) is 18.2 Å². The number of hydrazone groups is 1. The topological polar surface area (TPSA) is 128 Å². The largest absolute Gasteiger partial charge is 0.508 e. The highest BCUT2D eigenvalue weighted by Gasteiger charge is 2.10. The van der Waals surface area contributed by atoms with E-state index in [1.54, 1.807) is 0 Å². The number of nitrogens with one attached hydrogen (secondary N) is 1. The minimum absolute atomic E-state index is 0.0392. The summed E-state index contributed by atoms with van der Waals surface area (Å²) in [6.07, 6.45) is 1.15. The van der Waals surface area contributed by atoms with Crippen molar-refractivity contribution in [2.75, 3.05) is 6.61 Å². The Morgan fingerprint density at radius 1 is 1.53 bits per heavy atom. The molecule has 1 aromatic carbocycles. The summed E-state index contributed by atoms with van der Waals surface area (Å²) < 4.78 is 0. The van der Waals surface area contributed by atoms with Crippen LogP contribution in [-0.2, 0) is 4.79 Å². The molecular weight excluding hydrogens is 226 g/mol. The zero-order valence-electron chi connectivity index (χ0n) is 8.87. The summed E-state index contributed by atoms with van der Waals surface area (Å²) in [6.45, 7) is -0.487. The highest BCUT2D eigenvalue weighted by Crippen LogP contribution is 2.19. The molecule has 0 fully saturated rings. The van der Waals surface area contributed by atoms with Gasteiger partial charge in [0.25, 0.3) is 5.91 Å². The number of aliphatic hydroxyl groups excluding tert-OH is 1. The third-order valence-electron chi connectivity index (χ3n) is 1.92. The number of nitrogens with zero attached hydrogens (tertiary/aromatic N) is 1. The number of benzene rings is 1. The Kier molecular flexibility index (Phi) is 4.44. The van der Waals surface area contributed by atoms with Crippen LogP contribution in [0, 0.1) is 0 Å². The van der Waals surface area contributed by atoms with Gasteiger partial charge in [0, 0.05) is 5.56 Å². The number of aromatic hydroxyl groups is 2. The van der Waals surface area contributed by atoms with E-state index >= 15 is 0 Å². The minimum atomic E-state index is -1.05. The molecule has 0 aliphatic heterocycles. The lowest BCUT2D eigenvalue weighted by atomic mass is 10.2. The van der Waals surface area contributed by atoms with Crippen molar-refractivity contribution in [1.82, 2.24) is 5.43 Å². The van der Waals surface area contributed by atoms with Crippen molar-refractivity contribution in [2.45, 2.75) is 6.04 Å². The quantitative estimate of drug-likeness (QED) is 0.258. The zero-order valence-corrected chi connectivity index (χ0v) is 8.87. The molecule has 0 heterocycles. The normalized spacial score (nSPS) is 12.6. The van der Waals surface area contributed by atoms with E-state index in [0.29, 0.717) is 0 Å². The predicted octanol–water partition coefficient (Wildman–Crippen LogP) is -1.13. The highest BCUT2D eigenvalue weighted by molar-refractivity contribution is 5.86. The molecule has 0 saturated carbocycles. The number of carbonyl (C=O) groups excluding carboxylic acids is 1. The molecule has 0 aromatic heterocycles. The molecule has 7 heteroatoms. The van der Waals surface area contributed by atoms with Gasteiger partial charge in [-0.3, -0.25) is 4.79 Å². The molecule has 0 bridgehead atoms. The fraction of sp³-hybridized carbons (Fsp3) is 0.200. The molecule has 0 saturated heterocycles. The molecule has 0 aliphatic carbocycles. The van der Waals surface area contributed by atoms with Gasteiger partial charge in [-0.25, -0.2) is 5.43 Å². The smallest absolute Gasteiger partial charge is 0.259 e. The fourth-order valence-corrected chi connectivity index (χ4v) is 0.977. The molecule has 0 radical (unpaired) electrons. The van der Waals surface area contributed by atoms with Gasteiger partial charge >= 0.3 is 0 Å². The lowest BCUT2D eigenvalue weighted by Crippen LogP contribution is -2.40. The second kappa shape index (κ2) is 5.83. The van der Waals surface area contributed by atoms with Crippen LogP contribution in [-0.4, -0.2) is 40.1 Å². The Morgan fingerprint density at radius 3 is 2.88 bits per heavy atom. The van der Waals surface area contributed by atoms with Gasteiger partial charge in [-0.15, -0.1) is 0 Å². The lowest BCUT2D eigenvalue weighted by molar-refractivity contribution is -0.123. The van der Waals surface area contributed by atoms with Crippen molar-refractivity contribution in [3.05, 3.63) is 23.8 Å². The molecule has 0 spiro atoms. The van der Waals surface area contributed by atoms with Crippen LogP contribution in [0.4, 0.5) is 0 Å². The molecule has 1 atom stereocenters. The Bertz CT molecular complexity index is 434. The standard InChI is InChI=1S/C10H13N3O4/c11-8(5-14)10(17)13-12-4-6-3-7(15)1-2-9(6)16/h1-4,8,14-16H,5,11H2,(H,13,17)/b12-4+. The van der Waals surface area contributed by atoms with Crippen LogP contribution in [0.3, 0.4) is 0 Å². The Labute approximate surface area is 97.2 Å². The predicted molar refractivity (Wildman–Crippen MR) is 60.6 cm³/mol. The SMILES string of the molecule is NC(CO)C(=O)N/N=C/c1cc(O)ccc1O. The van der Waals surface area contributed by atoms with Crippen molar-refractivity contribution in [3.63, 3.8) is 0 Å². The summed E-state index contributed by atoms with van der Waals surface area (Å²) in [5.74, 6) is -0.779. The number of rotatable bonds is 4. The molecule has 1 unspecified atom stereocenters. The maximum Gasteiger partial charge on any atom is 0.259 e. The first-order chi connectivity index (χ1) is 8.04. The summed E-state index contributed by atoms with van der Waals surface area (Å²) in [5.41, 5.74) is 7.54. The van der Waals surface area contributed by atoms with Crippen molar-refractivity contribution in [2.24, 2.45) is 10.8 Å². The average molecular weight is 239 g/mol. The maximum absolute atomic E-state index is 11.1. The summed E-state index contributed by atoms with van der Waals surface area (Å²) in [7, 11) is 0. The zero-order chi connectivity index (χ0) is 12.8. The Hall–Kier alpha value is -2.12. The van der Waals surface area contributed by atoms with Gasteiger partial charge in [0.1, 0.15) is 17.5 Å². The van der Waals surface area contributed by atoms with E-state index < -0.39 is 18.6 Å². The molecule has 0 aliphatic rings. The molecule has 92 valence electrons. The molecule has 1 aromatic rings. The molecule has 7 nitrogen and oxygen atoms in total. The van der Waals surface area contributed by atoms with Gasteiger partial charge in [-0.2, -0.15) is 5.10 Å². The van der Waals surface area contributed by atoms with Crippen LogP contribution >= 0.6 is 0 Å². The summed E-state index contributed by atoms with van der Waals surface area (Å²) >= 11 is 0. The molecular formula is C10H13N3O4. The second-order valence-electron chi connectivity index (χ2n) is 3.27.